The summed E-state index contributed by atoms with van der Waals surface area (Å²) in [6.07, 6.45) is 0. The van der Waals surface area contributed by atoms with E-state index >= 15 is 0 Å². The first-order valence-corrected chi connectivity index (χ1v) is 6.19. The molecule has 0 saturated heterocycles. The fraction of sp³-hybridized carbons (Fsp3) is 0. The molecule has 0 fully saturated rings. The van der Waals surface area contributed by atoms with E-state index in [1.54, 1.807) is 0 Å². The molecule has 0 saturated carbocycles. The average molecular weight is 244 g/mol. The van der Waals surface area contributed by atoms with Gasteiger partial charge in [-0.05, 0) is 0 Å². The Hall–Kier alpha value is -0.110. The Morgan fingerprint density at radius 3 is 1.00 bits per heavy atom. The van der Waals surface area contributed by atoms with E-state index in [1.807, 2.05) is 0 Å². The van der Waals surface area contributed by atoms with Gasteiger partial charge in [-0.1, -0.05) is 0 Å². The van der Waals surface area contributed by atoms with E-state index in [9.17, 15) is 12.6 Å². The summed E-state index contributed by atoms with van der Waals surface area (Å²) in [4.78, 5) is 0. The number of hydrogen-bond acceptors (Lipinski definition) is 5. The van der Waals surface area contributed by atoms with Crippen molar-refractivity contribution in [3.05, 3.63) is 0 Å². The summed E-state index contributed by atoms with van der Waals surface area (Å²) in [7, 11) is -12.5. The van der Waals surface area contributed by atoms with E-state index in [-0.39, 0.29) is 0 Å². The predicted octanol–water partition coefficient (Wildman–Crippen LogP) is -1.64. The van der Waals surface area contributed by atoms with Crippen molar-refractivity contribution in [1.82, 2.24) is 0 Å². The third-order valence-electron chi connectivity index (χ3n) is 0.180. The molecule has 0 aliphatic rings. The Morgan fingerprint density at radius 2 is 1.00 bits per heavy atom. The van der Waals surface area contributed by atoms with Crippen molar-refractivity contribution in [2.24, 2.45) is 0 Å². The Morgan fingerprint density at radius 1 is 0.917 bits per heavy atom. The zero-order chi connectivity index (χ0) is 10.6. The van der Waals surface area contributed by atoms with Crippen LogP contribution in [-0.4, -0.2) is 39.3 Å². The highest BCUT2D eigenvalue weighted by Gasteiger charge is 2.10. The monoisotopic (exact) mass is 244 g/mol. The molecule has 0 radical (unpaired) electrons. The molecule has 0 heterocycles. The van der Waals surface area contributed by atoms with E-state index in [4.69, 9.17) is 26.6 Å². The van der Waals surface area contributed by atoms with Crippen LogP contribution in [0.15, 0.2) is 0 Å². The third-order valence-corrected chi connectivity index (χ3v) is 1.62. The molecule has 0 amide bonds. The summed E-state index contributed by atoms with van der Waals surface area (Å²) < 4.78 is 74.6. The van der Waals surface area contributed by atoms with E-state index < -0.39 is 29.7 Å². The van der Waals surface area contributed by atoms with Crippen molar-refractivity contribution in [2.45, 2.75) is 0 Å². The van der Waals surface area contributed by atoms with Crippen LogP contribution in [0.5, 0.6) is 0 Å². The zero-order valence-electron chi connectivity index (χ0n) is 5.05. The minimum atomic E-state index is -4.71. The highest BCUT2D eigenvalue weighted by Crippen LogP contribution is 1.83. The quantitative estimate of drug-likeness (QED) is 0.240. The highest BCUT2D eigenvalue weighted by molar-refractivity contribution is 8.59. The molecule has 0 aromatic heterocycles. The molecule has 0 aliphatic heterocycles. The maximum atomic E-state index is 9.34. The van der Waals surface area contributed by atoms with Crippen LogP contribution in [0.2, 0.25) is 0 Å². The van der Waals surface area contributed by atoms with Gasteiger partial charge in [-0.25, -0.2) is 4.21 Å². The molecule has 0 aromatic carbocycles. The molecule has 0 rings (SSSR count). The Balaban J connectivity index is 0. The first-order valence-electron chi connectivity index (χ1n) is 1.73. The molecule has 1 atom stereocenters. The van der Waals surface area contributed by atoms with Gasteiger partial charge in [0.1, 0.15) is 0 Å². The van der Waals surface area contributed by atoms with Crippen molar-refractivity contribution in [1.29, 1.82) is 0 Å². The zero-order valence-corrected chi connectivity index (χ0v) is 7.50. The average Bonchev–Trinajstić information content (AvgIpc) is 1.55. The normalized spacial score (nSPS) is 14.3. The van der Waals surface area contributed by atoms with Gasteiger partial charge in [-0.3, -0.25) is 18.2 Å². The fourth-order valence-electron chi connectivity index (χ4n) is 0. The minimum absolute atomic E-state index is 3.16. The van der Waals surface area contributed by atoms with Gasteiger partial charge in [-0.2, -0.15) is 16.8 Å². The van der Waals surface area contributed by atoms with Crippen LogP contribution in [0, 0.1) is 0 Å². The van der Waals surface area contributed by atoms with E-state index in [0.717, 1.165) is 0 Å². The molecule has 0 spiro atoms. The van der Waals surface area contributed by atoms with Gasteiger partial charge in [0, 0.05) is 0 Å². The summed E-state index contributed by atoms with van der Waals surface area (Å²) in [6.45, 7) is 0. The summed E-state index contributed by atoms with van der Waals surface area (Å²) in [5.41, 5.74) is 0. The number of hydrogen-bond donors (Lipinski definition) is 4. The van der Waals surface area contributed by atoms with Gasteiger partial charge in [0.15, 0.2) is 0 Å². The van der Waals surface area contributed by atoms with Gasteiger partial charge in [0.25, 0.3) is 0 Å². The lowest BCUT2D eigenvalue weighted by Crippen LogP contribution is -2.03. The SMILES string of the molecule is O=S(=O)(O)O.O=S(O)S(=O)(=O)O. The molecule has 12 heteroatoms. The van der Waals surface area contributed by atoms with E-state index in [1.165, 1.54) is 0 Å². The summed E-state index contributed by atoms with van der Waals surface area (Å²) in [5.74, 6) is 0. The maximum absolute atomic E-state index is 9.34. The van der Waals surface area contributed by atoms with Gasteiger partial charge < -0.3 is 0 Å². The van der Waals surface area contributed by atoms with Crippen LogP contribution < -0.4 is 0 Å². The second kappa shape index (κ2) is 4.80. The lowest BCUT2D eigenvalue weighted by Gasteiger charge is -1.80. The second-order valence-electron chi connectivity index (χ2n) is 1.09. The Labute approximate surface area is 69.4 Å². The minimum Gasteiger partial charge on any atom is -0.292 e. The standard InChI is InChI=1S/H2O5S2.H2O4S/c1-6(2)7(3,4)5;1-5(2,3)4/h(H,1,2)(H,3,4,5);(H2,1,2,3,4). The maximum Gasteiger partial charge on any atom is 0.394 e. The van der Waals surface area contributed by atoms with Gasteiger partial charge >= 0.3 is 29.7 Å². The fourth-order valence-corrected chi connectivity index (χ4v) is 0. The van der Waals surface area contributed by atoms with Crippen LogP contribution >= 0.6 is 0 Å². The smallest absolute Gasteiger partial charge is 0.292 e. The highest BCUT2D eigenvalue weighted by atomic mass is 33.2. The third kappa shape index (κ3) is 22.5. The van der Waals surface area contributed by atoms with E-state index in [0.29, 0.717) is 0 Å². The molecular formula is H4O9S3. The Kier molecular flexibility index (Phi) is 5.77. The van der Waals surface area contributed by atoms with Gasteiger partial charge in [0.2, 0.25) is 0 Å². The van der Waals surface area contributed by atoms with Crippen molar-refractivity contribution in [2.75, 3.05) is 0 Å². The van der Waals surface area contributed by atoms with Crippen molar-refractivity contribution in [3.8, 4) is 0 Å². The van der Waals surface area contributed by atoms with Crippen molar-refractivity contribution in [3.63, 3.8) is 0 Å². The predicted molar refractivity (Wildman–Crippen MR) is 36.5 cm³/mol. The lowest BCUT2D eigenvalue weighted by molar-refractivity contribution is 0.381. The van der Waals surface area contributed by atoms with Crippen LogP contribution in [0.4, 0.5) is 0 Å². The van der Waals surface area contributed by atoms with Crippen LogP contribution in [0.25, 0.3) is 0 Å². The first-order chi connectivity index (χ1) is 4.94. The molecule has 1 unspecified atom stereocenters. The molecule has 12 heavy (non-hydrogen) atoms. The summed E-state index contributed by atoms with van der Waals surface area (Å²) >= 11 is 0. The molecule has 4 N–H and O–H groups in total. The van der Waals surface area contributed by atoms with E-state index in [2.05, 4.69) is 0 Å². The van der Waals surface area contributed by atoms with Crippen LogP contribution in [-0.2, 0) is 29.7 Å². The van der Waals surface area contributed by atoms with Crippen molar-refractivity contribution >= 4 is 29.7 Å². The van der Waals surface area contributed by atoms with Crippen LogP contribution in [0.1, 0.15) is 0 Å². The van der Waals surface area contributed by atoms with Crippen LogP contribution in [0.3, 0.4) is 0 Å². The lowest BCUT2D eigenvalue weighted by atomic mass is 15.8. The topological polar surface area (TPSA) is 166 Å². The van der Waals surface area contributed by atoms with Gasteiger partial charge in [-0.15, -0.1) is 0 Å². The first kappa shape index (κ1) is 14.4. The summed E-state index contributed by atoms with van der Waals surface area (Å²) in [6, 6.07) is 0. The molecule has 0 bridgehead atoms. The van der Waals surface area contributed by atoms with Gasteiger partial charge in [0.05, 0.1) is 0 Å². The van der Waals surface area contributed by atoms with Crippen molar-refractivity contribution < 1.29 is 39.3 Å². The molecule has 0 aromatic rings. The molecule has 76 valence electrons. The summed E-state index contributed by atoms with van der Waals surface area (Å²) in [5, 5.41) is 0. The molecular weight excluding hydrogens is 240 g/mol. The largest absolute Gasteiger partial charge is 0.394 e. The molecule has 9 nitrogen and oxygen atoms in total. The Bertz CT molecular complexity index is 318. The number of rotatable bonds is 1. The molecule has 0 aliphatic carbocycles. The second-order valence-corrected chi connectivity index (χ2v) is 5.40.